The molecule has 0 heterocycles. The van der Waals surface area contributed by atoms with E-state index >= 15 is 0 Å². The molecular formula is C15H33NO. The van der Waals surface area contributed by atoms with Crippen molar-refractivity contribution in [2.24, 2.45) is 0 Å². The summed E-state index contributed by atoms with van der Waals surface area (Å²) in [5, 5.41) is 13.4. The highest BCUT2D eigenvalue weighted by Gasteiger charge is 2.33. The van der Waals surface area contributed by atoms with Crippen LogP contribution in [0.4, 0.5) is 0 Å². The summed E-state index contributed by atoms with van der Waals surface area (Å²) >= 11 is 0. The average molecular weight is 243 g/mol. The third-order valence-corrected chi connectivity index (χ3v) is 3.88. The van der Waals surface area contributed by atoms with Gasteiger partial charge in [-0.2, -0.15) is 0 Å². The summed E-state index contributed by atoms with van der Waals surface area (Å²) in [5.74, 6) is 0. The fraction of sp³-hybridized carbons (Fsp3) is 1.00. The number of unbranched alkanes of at least 4 members (excludes halogenated alkanes) is 6. The highest BCUT2D eigenvalue weighted by atomic mass is 16.3. The van der Waals surface area contributed by atoms with Gasteiger partial charge in [-0.3, -0.25) is 0 Å². The molecule has 0 aliphatic carbocycles. The van der Waals surface area contributed by atoms with E-state index in [0.29, 0.717) is 0 Å². The summed E-state index contributed by atoms with van der Waals surface area (Å²) in [6.45, 7) is 11.1. The van der Waals surface area contributed by atoms with Gasteiger partial charge < -0.3 is 10.4 Å². The minimum absolute atomic E-state index is 0.213. The van der Waals surface area contributed by atoms with Crippen molar-refractivity contribution in [2.75, 3.05) is 6.54 Å². The van der Waals surface area contributed by atoms with Gasteiger partial charge in [0.1, 0.15) is 0 Å². The Morgan fingerprint density at radius 1 is 0.824 bits per heavy atom. The molecule has 0 aliphatic rings. The standard InChI is InChI=1S/C15H33NO/c1-6-7-8-9-10-11-12-13-16-14(2,3)15(4,5)17/h16-17H,6-13H2,1-5H3. The molecule has 104 valence electrons. The molecule has 0 atom stereocenters. The van der Waals surface area contributed by atoms with E-state index in [0.717, 1.165) is 6.54 Å². The summed E-state index contributed by atoms with van der Waals surface area (Å²) in [6, 6.07) is 0. The summed E-state index contributed by atoms with van der Waals surface area (Å²) in [7, 11) is 0. The lowest BCUT2D eigenvalue weighted by atomic mass is 9.86. The molecular weight excluding hydrogens is 210 g/mol. The van der Waals surface area contributed by atoms with E-state index in [1.54, 1.807) is 0 Å². The molecule has 2 N–H and O–H groups in total. The minimum atomic E-state index is -0.672. The van der Waals surface area contributed by atoms with Crippen LogP contribution in [0.15, 0.2) is 0 Å². The second-order valence-electron chi connectivity index (χ2n) is 6.23. The second kappa shape index (κ2) is 8.10. The summed E-state index contributed by atoms with van der Waals surface area (Å²) in [4.78, 5) is 0. The van der Waals surface area contributed by atoms with Gasteiger partial charge in [0.05, 0.1) is 5.60 Å². The normalized spacial score (nSPS) is 13.1. The molecule has 2 heteroatoms. The maximum absolute atomic E-state index is 9.98. The van der Waals surface area contributed by atoms with Crippen LogP contribution < -0.4 is 5.32 Å². The fourth-order valence-electron chi connectivity index (χ4n) is 1.70. The molecule has 2 nitrogen and oxygen atoms in total. The SMILES string of the molecule is CCCCCCCCCNC(C)(C)C(C)(C)O. The molecule has 0 rings (SSSR count). The van der Waals surface area contributed by atoms with Crippen molar-refractivity contribution in [3.8, 4) is 0 Å². The summed E-state index contributed by atoms with van der Waals surface area (Å²) in [6.07, 6.45) is 9.34. The number of hydrogen-bond donors (Lipinski definition) is 2. The number of hydrogen-bond acceptors (Lipinski definition) is 2. The van der Waals surface area contributed by atoms with Crippen LogP contribution in [0.3, 0.4) is 0 Å². The Hall–Kier alpha value is -0.0800. The zero-order valence-electron chi connectivity index (χ0n) is 12.6. The molecule has 0 bridgehead atoms. The van der Waals surface area contributed by atoms with Crippen LogP contribution in [0, 0.1) is 0 Å². The van der Waals surface area contributed by atoms with E-state index in [9.17, 15) is 5.11 Å². The molecule has 0 saturated carbocycles. The van der Waals surface area contributed by atoms with Crippen molar-refractivity contribution in [3.05, 3.63) is 0 Å². The molecule has 0 aliphatic heterocycles. The van der Waals surface area contributed by atoms with Crippen LogP contribution >= 0.6 is 0 Å². The lowest BCUT2D eigenvalue weighted by molar-refractivity contribution is -0.00442. The van der Waals surface area contributed by atoms with Crippen LogP contribution in [-0.2, 0) is 0 Å². The Labute approximate surface area is 108 Å². The molecule has 0 saturated heterocycles. The van der Waals surface area contributed by atoms with Crippen molar-refractivity contribution in [3.63, 3.8) is 0 Å². The van der Waals surface area contributed by atoms with Crippen LogP contribution in [0.1, 0.15) is 79.6 Å². The third kappa shape index (κ3) is 7.77. The lowest BCUT2D eigenvalue weighted by Gasteiger charge is -2.38. The average Bonchev–Trinajstić information content (AvgIpc) is 2.20. The van der Waals surface area contributed by atoms with Gasteiger partial charge in [0.25, 0.3) is 0 Å². The number of aliphatic hydroxyl groups is 1. The van der Waals surface area contributed by atoms with Gasteiger partial charge in [0, 0.05) is 5.54 Å². The molecule has 0 unspecified atom stereocenters. The van der Waals surface area contributed by atoms with Crippen LogP contribution in [-0.4, -0.2) is 22.8 Å². The zero-order valence-corrected chi connectivity index (χ0v) is 12.6. The lowest BCUT2D eigenvalue weighted by Crippen LogP contribution is -2.56. The smallest absolute Gasteiger partial charge is 0.0767 e. The molecule has 0 aromatic heterocycles. The first-order valence-corrected chi connectivity index (χ1v) is 7.28. The Morgan fingerprint density at radius 3 is 1.76 bits per heavy atom. The third-order valence-electron chi connectivity index (χ3n) is 3.88. The van der Waals surface area contributed by atoms with E-state index in [4.69, 9.17) is 0 Å². The van der Waals surface area contributed by atoms with Crippen LogP contribution in [0.5, 0.6) is 0 Å². The van der Waals surface area contributed by atoms with E-state index in [-0.39, 0.29) is 5.54 Å². The van der Waals surface area contributed by atoms with Gasteiger partial charge in [-0.05, 0) is 40.7 Å². The molecule has 0 aromatic rings. The first-order chi connectivity index (χ1) is 7.81. The fourth-order valence-corrected chi connectivity index (χ4v) is 1.70. The first-order valence-electron chi connectivity index (χ1n) is 7.28. The Morgan fingerprint density at radius 2 is 1.29 bits per heavy atom. The van der Waals surface area contributed by atoms with Crippen molar-refractivity contribution < 1.29 is 5.11 Å². The molecule has 0 spiro atoms. The van der Waals surface area contributed by atoms with Gasteiger partial charge in [0.15, 0.2) is 0 Å². The predicted octanol–water partition coefficient (Wildman–Crippen LogP) is 3.88. The van der Waals surface area contributed by atoms with Crippen molar-refractivity contribution in [1.82, 2.24) is 5.32 Å². The molecule has 17 heavy (non-hydrogen) atoms. The van der Waals surface area contributed by atoms with Gasteiger partial charge >= 0.3 is 0 Å². The maximum atomic E-state index is 9.98. The number of rotatable bonds is 10. The Balaban J connectivity index is 3.46. The van der Waals surface area contributed by atoms with Crippen molar-refractivity contribution in [2.45, 2.75) is 90.7 Å². The molecule has 0 fully saturated rings. The monoisotopic (exact) mass is 243 g/mol. The van der Waals surface area contributed by atoms with Crippen molar-refractivity contribution in [1.29, 1.82) is 0 Å². The zero-order chi connectivity index (χ0) is 13.4. The van der Waals surface area contributed by atoms with E-state index < -0.39 is 5.60 Å². The molecule has 0 radical (unpaired) electrons. The summed E-state index contributed by atoms with van der Waals surface area (Å²) < 4.78 is 0. The maximum Gasteiger partial charge on any atom is 0.0767 e. The highest BCUT2D eigenvalue weighted by molar-refractivity contribution is 4.93. The van der Waals surface area contributed by atoms with Crippen LogP contribution in [0.25, 0.3) is 0 Å². The second-order valence-corrected chi connectivity index (χ2v) is 6.23. The van der Waals surface area contributed by atoms with Crippen molar-refractivity contribution >= 4 is 0 Å². The van der Waals surface area contributed by atoms with E-state index in [1.165, 1.54) is 44.9 Å². The first kappa shape index (κ1) is 16.9. The predicted molar refractivity (Wildman–Crippen MR) is 76.4 cm³/mol. The van der Waals surface area contributed by atoms with Gasteiger partial charge in [-0.15, -0.1) is 0 Å². The van der Waals surface area contributed by atoms with Gasteiger partial charge in [-0.1, -0.05) is 45.4 Å². The van der Waals surface area contributed by atoms with E-state index in [1.807, 2.05) is 13.8 Å². The highest BCUT2D eigenvalue weighted by Crippen LogP contribution is 2.20. The Kier molecular flexibility index (Phi) is 8.06. The number of nitrogens with one attached hydrogen (secondary N) is 1. The largest absolute Gasteiger partial charge is 0.389 e. The molecule has 0 aromatic carbocycles. The Bertz CT molecular complexity index is 182. The van der Waals surface area contributed by atoms with Gasteiger partial charge in [-0.25, -0.2) is 0 Å². The van der Waals surface area contributed by atoms with Gasteiger partial charge in [0.2, 0.25) is 0 Å². The van der Waals surface area contributed by atoms with E-state index in [2.05, 4.69) is 26.1 Å². The quantitative estimate of drug-likeness (QED) is 0.571. The summed E-state index contributed by atoms with van der Waals surface area (Å²) in [5.41, 5.74) is -0.886. The van der Waals surface area contributed by atoms with Crippen LogP contribution in [0.2, 0.25) is 0 Å². The molecule has 0 amide bonds. The minimum Gasteiger partial charge on any atom is -0.389 e. The topological polar surface area (TPSA) is 32.3 Å².